The molecule has 5 heteroatoms. The van der Waals surface area contributed by atoms with Gasteiger partial charge in [-0.3, -0.25) is 4.90 Å². The van der Waals surface area contributed by atoms with E-state index < -0.39 is 0 Å². The summed E-state index contributed by atoms with van der Waals surface area (Å²) >= 11 is 0. The highest BCUT2D eigenvalue weighted by molar-refractivity contribution is 5.39. The molecule has 1 aromatic carbocycles. The van der Waals surface area contributed by atoms with E-state index in [0.717, 1.165) is 22.7 Å². The summed E-state index contributed by atoms with van der Waals surface area (Å²) in [5, 5.41) is 9.82. The zero-order chi connectivity index (χ0) is 16.2. The number of aliphatic hydroxyl groups excluding tert-OH is 1. The number of hydrogen-bond acceptors (Lipinski definition) is 4. The lowest BCUT2D eigenvalue weighted by Gasteiger charge is -2.26. The Morgan fingerprint density at radius 3 is 2.70 bits per heavy atom. The van der Waals surface area contributed by atoms with Gasteiger partial charge in [-0.2, -0.15) is 0 Å². The van der Waals surface area contributed by atoms with Crippen molar-refractivity contribution < 1.29 is 9.84 Å². The van der Waals surface area contributed by atoms with E-state index in [1.165, 1.54) is 0 Å². The van der Waals surface area contributed by atoms with Gasteiger partial charge in [-0.25, -0.2) is 4.98 Å². The van der Waals surface area contributed by atoms with Crippen LogP contribution in [0.5, 0.6) is 5.75 Å². The molecular weight excluding hydrogens is 290 g/mol. The highest BCUT2D eigenvalue weighted by Gasteiger charge is 2.17. The molecule has 120 valence electrons. The molecule has 0 aliphatic heterocycles. The van der Waals surface area contributed by atoms with Crippen molar-refractivity contribution in [2.45, 2.75) is 12.6 Å². The van der Waals surface area contributed by atoms with Crippen LogP contribution >= 0.6 is 0 Å². The summed E-state index contributed by atoms with van der Waals surface area (Å²) in [6.07, 6.45) is 3.89. The third kappa shape index (κ3) is 3.21. The number of nitrogens with zero attached hydrogens (tertiary/aromatic N) is 3. The van der Waals surface area contributed by atoms with E-state index >= 15 is 0 Å². The summed E-state index contributed by atoms with van der Waals surface area (Å²) in [5.41, 5.74) is 3.08. The Balaban J connectivity index is 1.80. The van der Waals surface area contributed by atoms with Crippen molar-refractivity contribution in [3.8, 4) is 5.75 Å². The number of methoxy groups -OCH3 is 1. The van der Waals surface area contributed by atoms with E-state index in [2.05, 4.69) is 14.3 Å². The Hall–Kier alpha value is -2.37. The van der Waals surface area contributed by atoms with Gasteiger partial charge in [-0.05, 0) is 36.9 Å². The van der Waals surface area contributed by atoms with Gasteiger partial charge in [0.1, 0.15) is 11.4 Å². The highest BCUT2D eigenvalue weighted by Crippen LogP contribution is 2.23. The summed E-state index contributed by atoms with van der Waals surface area (Å²) < 4.78 is 7.26. The van der Waals surface area contributed by atoms with Crippen molar-refractivity contribution >= 4 is 5.65 Å². The number of likely N-dealkylation sites (N-methyl/N-ethyl adjacent to an activating group) is 1. The van der Waals surface area contributed by atoms with Gasteiger partial charge >= 0.3 is 0 Å². The third-order valence-corrected chi connectivity index (χ3v) is 4.11. The largest absolute Gasteiger partial charge is 0.497 e. The Bertz CT molecular complexity index is 767. The van der Waals surface area contributed by atoms with Crippen LogP contribution < -0.4 is 4.74 Å². The fourth-order valence-corrected chi connectivity index (χ4v) is 2.79. The second kappa shape index (κ2) is 6.81. The highest BCUT2D eigenvalue weighted by atomic mass is 16.5. The number of rotatable bonds is 6. The van der Waals surface area contributed by atoms with Crippen LogP contribution in [0, 0.1) is 0 Å². The molecule has 3 rings (SSSR count). The molecule has 23 heavy (non-hydrogen) atoms. The molecule has 0 spiro atoms. The fraction of sp³-hybridized carbons (Fsp3) is 0.278. The first-order valence-electron chi connectivity index (χ1n) is 7.59. The first-order chi connectivity index (χ1) is 11.2. The van der Waals surface area contributed by atoms with E-state index in [1.54, 1.807) is 7.11 Å². The maximum atomic E-state index is 9.82. The molecular formula is C18H21N3O2. The number of hydrogen-bond donors (Lipinski definition) is 1. The molecule has 0 saturated heterocycles. The van der Waals surface area contributed by atoms with Crippen LogP contribution in [0.15, 0.2) is 54.9 Å². The van der Waals surface area contributed by atoms with E-state index in [0.29, 0.717) is 6.54 Å². The Morgan fingerprint density at radius 2 is 2.00 bits per heavy atom. The zero-order valence-corrected chi connectivity index (χ0v) is 13.4. The van der Waals surface area contributed by atoms with Gasteiger partial charge in [0.05, 0.1) is 31.6 Å². The Morgan fingerprint density at radius 1 is 1.22 bits per heavy atom. The summed E-state index contributed by atoms with van der Waals surface area (Å²) in [7, 11) is 3.66. The molecule has 0 saturated carbocycles. The molecule has 0 aliphatic rings. The van der Waals surface area contributed by atoms with Crippen molar-refractivity contribution in [2.24, 2.45) is 0 Å². The molecule has 0 bridgehead atoms. The molecule has 0 radical (unpaired) electrons. The minimum absolute atomic E-state index is 0.0551. The fourth-order valence-electron chi connectivity index (χ4n) is 2.79. The second-order valence-corrected chi connectivity index (χ2v) is 5.57. The van der Waals surface area contributed by atoms with E-state index in [9.17, 15) is 5.11 Å². The lowest BCUT2D eigenvalue weighted by atomic mass is 10.1. The summed E-state index contributed by atoms with van der Waals surface area (Å²) in [6, 6.07) is 13.7. The molecule has 5 nitrogen and oxygen atoms in total. The number of ether oxygens (including phenoxy) is 1. The average molecular weight is 311 g/mol. The van der Waals surface area contributed by atoms with E-state index in [4.69, 9.17) is 4.74 Å². The number of benzene rings is 1. The van der Waals surface area contributed by atoms with Gasteiger partial charge in [0, 0.05) is 12.7 Å². The maximum absolute atomic E-state index is 9.82. The van der Waals surface area contributed by atoms with Crippen LogP contribution in [-0.2, 0) is 6.54 Å². The minimum Gasteiger partial charge on any atom is -0.497 e. The van der Waals surface area contributed by atoms with Crippen LogP contribution in [0.1, 0.15) is 17.3 Å². The summed E-state index contributed by atoms with van der Waals surface area (Å²) in [6.45, 7) is 0.752. The molecule has 1 atom stereocenters. The van der Waals surface area contributed by atoms with Gasteiger partial charge in [-0.15, -0.1) is 0 Å². The molecule has 1 N–H and O–H groups in total. The van der Waals surface area contributed by atoms with E-state index in [-0.39, 0.29) is 12.6 Å². The molecule has 1 unspecified atom stereocenters. The van der Waals surface area contributed by atoms with Crippen LogP contribution in [0.4, 0.5) is 0 Å². The molecule has 2 aromatic heterocycles. The first-order valence-corrected chi connectivity index (χ1v) is 7.59. The van der Waals surface area contributed by atoms with E-state index in [1.807, 2.05) is 61.9 Å². The number of aromatic nitrogens is 2. The SMILES string of the molecule is COc1ccc(C(CO)N(C)Cc2cnc3ccccn23)cc1. The number of aliphatic hydroxyl groups is 1. The van der Waals surface area contributed by atoms with Gasteiger partial charge in [-0.1, -0.05) is 18.2 Å². The van der Waals surface area contributed by atoms with Gasteiger partial charge in [0.2, 0.25) is 0 Å². The molecule has 2 heterocycles. The Labute approximate surface area is 135 Å². The van der Waals surface area contributed by atoms with Crippen LogP contribution in [0.25, 0.3) is 5.65 Å². The van der Waals surface area contributed by atoms with Crippen LogP contribution in [0.3, 0.4) is 0 Å². The zero-order valence-electron chi connectivity index (χ0n) is 13.4. The average Bonchev–Trinajstić information content (AvgIpc) is 2.99. The number of fused-ring (bicyclic) bond motifs is 1. The molecule has 0 amide bonds. The van der Waals surface area contributed by atoms with Gasteiger partial charge in [0.15, 0.2) is 0 Å². The molecule has 0 fully saturated rings. The standard InChI is InChI=1S/C18H21N3O2/c1-20(12-15-11-19-18-5-3-4-10-21(15)18)17(13-22)14-6-8-16(23-2)9-7-14/h3-11,17,22H,12-13H2,1-2H3. The first kappa shape index (κ1) is 15.5. The van der Waals surface area contributed by atoms with Crippen molar-refractivity contribution in [1.82, 2.24) is 14.3 Å². The van der Waals surface area contributed by atoms with Crippen molar-refractivity contribution in [3.05, 3.63) is 66.1 Å². The molecule has 3 aromatic rings. The van der Waals surface area contributed by atoms with Gasteiger partial charge in [0.25, 0.3) is 0 Å². The Kier molecular flexibility index (Phi) is 4.60. The normalized spacial score (nSPS) is 12.7. The third-order valence-electron chi connectivity index (χ3n) is 4.11. The van der Waals surface area contributed by atoms with Gasteiger partial charge < -0.3 is 14.2 Å². The number of pyridine rings is 1. The smallest absolute Gasteiger partial charge is 0.136 e. The predicted molar refractivity (Wildman–Crippen MR) is 89.5 cm³/mol. The molecule has 0 aliphatic carbocycles. The predicted octanol–water partition coefficient (Wildman–Crippen LogP) is 2.51. The quantitative estimate of drug-likeness (QED) is 0.760. The van der Waals surface area contributed by atoms with Crippen molar-refractivity contribution in [3.63, 3.8) is 0 Å². The monoisotopic (exact) mass is 311 g/mol. The maximum Gasteiger partial charge on any atom is 0.136 e. The second-order valence-electron chi connectivity index (χ2n) is 5.57. The minimum atomic E-state index is -0.0739. The van der Waals surface area contributed by atoms with Crippen LogP contribution in [0.2, 0.25) is 0 Å². The van der Waals surface area contributed by atoms with Crippen molar-refractivity contribution in [2.75, 3.05) is 20.8 Å². The van der Waals surface area contributed by atoms with Crippen LogP contribution in [-0.4, -0.2) is 40.2 Å². The lowest BCUT2D eigenvalue weighted by molar-refractivity contribution is 0.141. The van der Waals surface area contributed by atoms with Crippen molar-refractivity contribution in [1.29, 1.82) is 0 Å². The number of imidazole rings is 1. The summed E-state index contributed by atoms with van der Waals surface area (Å²) in [5.74, 6) is 0.815. The lowest BCUT2D eigenvalue weighted by Crippen LogP contribution is -2.27. The summed E-state index contributed by atoms with van der Waals surface area (Å²) in [4.78, 5) is 6.53. The topological polar surface area (TPSA) is 50.0 Å².